The fourth-order valence-electron chi connectivity index (χ4n) is 2.51. The van der Waals surface area contributed by atoms with Crippen molar-refractivity contribution in [2.45, 2.75) is 65.0 Å². The molecule has 116 valence electrons. The highest BCUT2D eigenvalue weighted by atomic mass is 16.2. The predicted octanol–water partition coefficient (Wildman–Crippen LogP) is 1.27. The molecule has 5 nitrogen and oxygen atoms in total. The number of carbonyl (C=O) groups excluding carboxylic acids is 2. The van der Waals surface area contributed by atoms with E-state index in [0.717, 1.165) is 45.2 Å². The normalized spacial score (nSPS) is 19.5. The number of nitrogens with zero attached hydrogens (tertiary/aromatic N) is 1. The van der Waals surface area contributed by atoms with Crippen LogP contribution < -0.4 is 11.1 Å². The van der Waals surface area contributed by atoms with E-state index in [0.29, 0.717) is 0 Å². The summed E-state index contributed by atoms with van der Waals surface area (Å²) >= 11 is 0. The molecule has 5 heteroatoms. The van der Waals surface area contributed by atoms with Crippen molar-refractivity contribution in [2.75, 3.05) is 13.1 Å². The van der Waals surface area contributed by atoms with Crippen LogP contribution in [0.1, 0.15) is 52.9 Å². The Morgan fingerprint density at radius 2 is 1.75 bits per heavy atom. The lowest BCUT2D eigenvalue weighted by molar-refractivity contribution is -0.136. The van der Waals surface area contributed by atoms with Crippen LogP contribution in [-0.2, 0) is 9.59 Å². The minimum atomic E-state index is -0.420. The molecule has 20 heavy (non-hydrogen) atoms. The summed E-state index contributed by atoms with van der Waals surface area (Å²) in [6.45, 7) is 7.30. The minimum Gasteiger partial charge on any atom is -0.344 e. The Labute approximate surface area is 122 Å². The molecule has 0 aromatic rings. The maximum absolute atomic E-state index is 12.1. The van der Waals surface area contributed by atoms with E-state index in [9.17, 15) is 9.59 Å². The topological polar surface area (TPSA) is 75.4 Å². The van der Waals surface area contributed by atoms with Gasteiger partial charge < -0.3 is 16.0 Å². The van der Waals surface area contributed by atoms with Gasteiger partial charge in [0.05, 0.1) is 0 Å². The third-order valence-corrected chi connectivity index (χ3v) is 3.89. The predicted molar refractivity (Wildman–Crippen MR) is 80.1 cm³/mol. The Bertz CT molecular complexity index is 325. The van der Waals surface area contributed by atoms with E-state index in [1.54, 1.807) is 6.92 Å². The smallest absolute Gasteiger partial charge is 0.244 e. The molecule has 2 amide bonds. The monoisotopic (exact) mass is 283 g/mol. The SMILES string of the molecule is CC(N)CCCC(C)C(=O)NC(C)C(=O)N1CCCC1. The lowest BCUT2D eigenvalue weighted by Crippen LogP contribution is -2.47. The highest BCUT2D eigenvalue weighted by molar-refractivity contribution is 5.88. The average molecular weight is 283 g/mol. The molecule has 1 aliphatic rings. The van der Waals surface area contributed by atoms with Gasteiger partial charge in [0.15, 0.2) is 0 Å². The summed E-state index contributed by atoms with van der Waals surface area (Å²) in [5.74, 6) is -0.0593. The number of rotatable bonds is 7. The molecule has 1 aliphatic heterocycles. The molecule has 0 aromatic heterocycles. The van der Waals surface area contributed by atoms with Gasteiger partial charge in [-0.15, -0.1) is 0 Å². The largest absolute Gasteiger partial charge is 0.344 e. The Balaban J connectivity index is 2.30. The molecule has 3 N–H and O–H groups in total. The number of nitrogens with one attached hydrogen (secondary N) is 1. The second-order valence-corrected chi connectivity index (χ2v) is 6.07. The Hall–Kier alpha value is -1.10. The van der Waals surface area contributed by atoms with E-state index >= 15 is 0 Å². The number of nitrogens with two attached hydrogens (primary N) is 1. The zero-order valence-corrected chi connectivity index (χ0v) is 13.0. The van der Waals surface area contributed by atoms with Crippen molar-refractivity contribution in [2.24, 2.45) is 11.7 Å². The Morgan fingerprint density at radius 1 is 1.15 bits per heavy atom. The van der Waals surface area contributed by atoms with Gasteiger partial charge in [0.1, 0.15) is 6.04 Å². The molecule has 1 fully saturated rings. The zero-order valence-electron chi connectivity index (χ0n) is 13.0. The molecule has 0 aromatic carbocycles. The van der Waals surface area contributed by atoms with E-state index in [-0.39, 0.29) is 23.8 Å². The highest BCUT2D eigenvalue weighted by Crippen LogP contribution is 2.11. The molecule has 3 atom stereocenters. The molecular weight excluding hydrogens is 254 g/mol. The fourth-order valence-corrected chi connectivity index (χ4v) is 2.51. The van der Waals surface area contributed by atoms with Gasteiger partial charge in [-0.1, -0.05) is 13.3 Å². The quantitative estimate of drug-likeness (QED) is 0.739. The van der Waals surface area contributed by atoms with E-state index in [4.69, 9.17) is 5.73 Å². The van der Waals surface area contributed by atoms with E-state index < -0.39 is 6.04 Å². The van der Waals surface area contributed by atoms with E-state index in [1.807, 2.05) is 18.7 Å². The molecule has 0 aliphatic carbocycles. The van der Waals surface area contributed by atoms with Crippen molar-refractivity contribution in [1.82, 2.24) is 10.2 Å². The van der Waals surface area contributed by atoms with Crippen LogP contribution >= 0.6 is 0 Å². The summed E-state index contributed by atoms with van der Waals surface area (Å²) in [6, 6.07) is -0.239. The van der Waals surface area contributed by atoms with Crippen LogP contribution in [0.2, 0.25) is 0 Å². The first-order valence-corrected chi connectivity index (χ1v) is 7.76. The van der Waals surface area contributed by atoms with Gasteiger partial charge in [0.2, 0.25) is 11.8 Å². The molecule has 0 spiro atoms. The van der Waals surface area contributed by atoms with E-state index in [1.165, 1.54) is 0 Å². The first-order valence-electron chi connectivity index (χ1n) is 7.76. The molecule has 3 unspecified atom stereocenters. The molecule has 0 saturated carbocycles. The van der Waals surface area contributed by atoms with Crippen LogP contribution in [0.25, 0.3) is 0 Å². The fraction of sp³-hybridized carbons (Fsp3) is 0.867. The van der Waals surface area contributed by atoms with Crippen molar-refractivity contribution >= 4 is 11.8 Å². The number of amides is 2. The second-order valence-electron chi connectivity index (χ2n) is 6.07. The van der Waals surface area contributed by atoms with Gasteiger partial charge in [-0.05, 0) is 39.5 Å². The molecule has 1 saturated heterocycles. The third kappa shape index (κ3) is 5.49. The van der Waals surface area contributed by atoms with Crippen LogP contribution in [0.3, 0.4) is 0 Å². The van der Waals surface area contributed by atoms with Crippen LogP contribution in [0.4, 0.5) is 0 Å². The number of hydrogen-bond acceptors (Lipinski definition) is 3. The maximum Gasteiger partial charge on any atom is 0.244 e. The van der Waals surface area contributed by atoms with Crippen molar-refractivity contribution in [3.8, 4) is 0 Å². The number of carbonyl (C=O) groups is 2. The van der Waals surface area contributed by atoms with E-state index in [2.05, 4.69) is 5.32 Å². The van der Waals surface area contributed by atoms with Gasteiger partial charge in [0.25, 0.3) is 0 Å². The molecule has 1 rings (SSSR count). The highest BCUT2D eigenvalue weighted by Gasteiger charge is 2.25. The Morgan fingerprint density at radius 3 is 2.30 bits per heavy atom. The molecule has 0 radical (unpaired) electrons. The summed E-state index contributed by atoms with van der Waals surface area (Å²) in [6.07, 6.45) is 4.83. The van der Waals surface area contributed by atoms with Crippen LogP contribution in [0.15, 0.2) is 0 Å². The lowest BCUT2D eigenvalue weighted by Gasteiger charge is -2.22. The number of hydrogen-bond donors (Lipinski definition) is 2. The summed E-state index contributed by atoms with van der Waals surface area (Å²) in [7, 11) is 0. The standard InChI is InChI=1S/C15H29N3O2/c1-11(7-6-8-12(2)16)14(19)17-13(3)15(20)18-9-4-5-10-18/h11-13H,4-10,16H2,1-3H3,(H,17,19). The van der Waals surface area contributed by atoms with Crippen molar-refractivity contribution < 1.29 is 9.59 Å². The van der Waals surface area contributed by atoms with Crippen molar-refractivity contribution in [3.05, 3.63) is 0 Å². The first kappa shape index (κ1) is 17.0. The van der Waals surface area contributed by atoms with Gasteiger partial charge >= 0.3 is 0 Å². The molecular formula is C15H29N3O2. The summed E-state index contributed by atoms with van der Waals surface area (Å²) < 4.78 is 0. The molecule has 0 bridgehead atoms. The minimum absolute atomic E-state index is 0.0327. The van der Waals surface area contributed by atoms with Gasteiger partial charge in [-0.25, -0.2) is 0 Å². The van der Waals surface area contributed by atoms with Crippen LogP contribution in [0, 0.1) is 5.92 Å². The average Bonchev–Trinajstić information content (AvgIpc) is 2.90. The Kier molecular flexibility index (Phi) is 6.99. The van der Waals surface area contributed by atoms with Crippen molar-refractivity contribution in [3.63, 3.8) is 0 Å². The first-order chi connectivity index (χ1) is 9.41. The summed E-state index contributed by atoms with van der Waals surface area (Å²) in [4.78, 5) is 26.0. The summed E-state index contributed by atoms with van der Waals surface area (Å²) in [5, 5.41) is 2.83. The molecule has 1 heterocycles. The van der Waals surface area contributed by atoms with Crippen LogP contribution in [-0.4, -0.2) is 41.9 Å². The zero-order chi connectivity index (χ0) is 15.1. The third-order valence-electron chi connectivity index (χ3n) is 3.89. The lowest BCUT2D eigenvalue weighted by atomic mass is 10.0. The summed E-state index contributed by atoms with van der Waals surface area (Å²) in [5.41, 5.74) is 5.69. The van der Waals surface area contributed by atoms with Gasteiger partial charge in [-0.3, -0.25) is 9.59 Å². The maximum atomic E-state index is 12.1. The second kappa shape index (κ2) is 8.25. The van der Waals surface area contributed by atoms with Crippen LogP contribution in [0.5, 0.6) is 0 Å². The van der Waals surface area contributed by atoms with Gasteiger partial charge in [0, 0.05) is 25.0 Å². The number of likely N-dealkylation sites (tertiary alicyclic amines) is 1. The van der Waals surface area contributed by atoms with Gasteiger partial charge in [-0.2, -0.15) is 0 Å². The van der Waals surface area contributed by atoms with Crippen molar-refractivity contribution in [1.29, 1.82) is 0 Å².